The van der Waals surface area contributed by atoms with Gasteiger partial charge in [-0.25, -0.2) is 0 Å². The molecule has 0 aromatic heterocycles. The molecule has 6 atom stereocenters. The molecule has 5 fully saturated rings. The summed E-state index contributed by atoms with van der Waals surface area (Å²) in [5.74, 6) is 3.57. The molecular formula is C52H49N. The summed E-state index contributed by atoms with van der Waals surface area (Å²) in [4.78, 5) is 2.48. The number of hydrogen-bond acceptors (Lipinski definition) is 1. The van der Waals surface area contributed by atoms with Crippen LogP contribution in [0.2, 0.25) is 0 Å². The Balaban J connectivity index is 1.08. The van der Waals surface area contributed by atoms with E-state index in [0.717, 1.165) is 23.7 Å². The summed E-state index contributed by atoms with van der Waals surface area (Å²) in [6.45, 7) is 9.23. The molecule has 0 saturated heterocycles. The van der Waals surface area contributed by atoms with Crippen LogP contribution in [-0.4, -0.2) is 0 Å². The first kappa shape index (κ1) is 31.6. The molecule has 0 aliphatic heterocycles. The Morgan fingerprint density at radius 3 is 2.04 bits per heavy atom. The Labute approximate surface area is 315 Å². The van der Waals surface area contributed by atoms with Crippen molar-refractivity contribution < 1.29 is 0 Å². The van der Waals surface area contributed by atoms with Gasteiger partial charge in [-0.15, -0.1) is 0 Å². The Morgan fingerprint density at radius 1 is 0.585 bits per heavy atom. The standard InChI is InChI=1S/C52H49N/c1-33-27-40(53(39-23-21-37(22-24-39)50(2,3)4)48-20-11-9-15-42(48)35-13-6-5-7-14-35)25-26-41(33)44-17-12-18-45-43-16-8-10-19-46(43)52(49(44)45)38-29-34-28-36(30-38)47-32-51(47,52)31-34/h5-27,34,36,38,47H,28-32H2,1-4H3. The van der Waals surface area contributed by atoms with Crippen molar-refractivity contribution >= 4 is 17.1 Å². The smallest absolute Gasteiger partial charge is 0.0540 e. The Hall–Kier alpha value is -4.88. The lowest BCUT2D eigenvalue weighted by Crippen LogP contribution is -2.57. The van der Waals surface area contributed by atoms with Gasteiger partial charge in [0.25, 0.3) is 0 Å². The van der Waals surface area contributed by atoms with Crippen LogP contribution in [0.5, 0.6) is 0 Å². The van der Waals surface area contributed by atoms with E-state index in [9.17, 15) is 0 Å². The van der Waals surface area contributed by atoms with Crippen molar-refractivity contribution in [2.45, 2.75) is 70.6 Å². The molecule has 53 heavy (non-hydrogen) atoms. The molecule has 6 aliphatic carbocycles. The van der Waals surface area contributed by atoms with E-state index in [1.54, 1.807) is 11.1 Å². The second-order valence-corrected chi connectivity index (χ2v) is 18.3. The molecule has 1 heteroatoms. The second-order valence-electron chi connectivity index (χ2n) is 18.3. The third-order valence-electron chi connectivity index (χ3n) is 14.7. The van der Waals surface area contributed by atoms with Gasteiger partial charge >= 0.3 is 0 Å². The zero-order valence-corrected chi connectivity index (χ0v) is 31.6. The summed E-state index contributed by atoms with van der Waals surface area (Å²) < 4.78 is 0. The molecule has 0 amide bonds. The topological polar surface area (TPSA) is 3.24 Å². The lowest BCUT2D eigenvalue weighted by Gasteiger charge is -2.61. The highest BCUT2D eigenvalue weighted by atomic mass is 15.1. The van der Waals surface area contributed by atoms with Crippen LogP contribution in [0, 0.1) is 36.0 Å². The number of nitrogens with zero attached hydrogens (tertiary/aromatic N) is 1. The molecule has 12 rings (SSSR count). The van der Waals surface area contributed by atoms with E-state index in [1.807, 2.05) is 0 Å². The minimum absolute atomic E-state index is 0.0911. The van der Waals surface area contributed by atoms with Gasteiger partial charge < -0.3 is 4.90 Å². The maximum Gasteiger partial charge on any atom is 0.0540 e. The molecule has 0 N–H and O–H groups in total. The first-order chi connectivity index (χ1) is 25.8. The average molecular weight is 688 g/mol. The normalized spacial score (nSPS) is 27.0. The summed E-state index contributed by atoms with van der Waals surface area (Å²) in [5.41, 5.74) is 18.6. The van der Waals surface area contributed by atoms with Crippen molar-refractivity contribution in [1.29, 1.82) is 0 Å². The third-order valence-corrected chi connectivity index (χ3v) is 14.7. The quantitative estimate of drug-likeness (QED) is 0.174. The van der Waals surface area contributed by atoms with Crippen molar-refractivity contribution in [2.75, 3.05) is 4.90 Å². The first-order valence-electron chi connectivity index (χ1n) is 20.2. The molecule has 0 radical (unpaired) electrons. The Kier molecular flexibility index (Phi) is 6.61. The first-order valence-corrected chi connectivity index (χ1v) is 20.2. The number of rotatable bonds is 5. The molecule has 1 nitrogen and oxygen atoms in total. The maximum atomic E-state index is 2.54. The van der Waals surface area contributed by atoms with E-state index in [0.29, 0.717) is 5.41 Å². The van der Waals surface area contributed by atoms with E-state index in [4.69, 9.17) is 0 Å². The fourth-order valence-electron chi connectivity index (χ4n) is 12.8. The van der Waals surface area contributed by atoms with Crippen molar-refractivity contribution in [1.82, 2.24) is 0 Å². The van der Waals surface area contributed by atoms with Gasteiger partial charge in [0.05, 0.1) is 5.69 Å². The van der Waals surface area contributed by atoms with Crippen molar-refractivity contribution in [2.24, 2.45) is 29.1 Å². The highest BCUT2D eigenvalue weighted by molar-refractivity contribution is 5.92. The number of fused-ring (bicyclic) bond motifs is 3. The van der Waals surface area contributed by atoms with E-state index in [1.165, 1.54) is 93.7 Å². The molecule has 5 saturated carbocycles. The molecule has 6 unspecified atom stereocenters. The van der Waals surface area contributed by atoms with Gasteiger partial charge in [-0.3, -0.25) is 0 Å². The zero-order chi connectivity index (χ0) is 35.7. The monoisotopic (exact) mass is 687 g/mol. The van der Waals surface area contributed by atoms with Crippen molar-refractivity contribution in [3.8, 4) is 33.4 Å². The van der Waals surface area contributed by atoms with E-state index in [2.05, 4.69) is 172 Å². The number of aryl methyl sites for hydroxylation is 1. The minimum atomic E-state index is 0.0911. The summed E-state index contributed by atoms with van der Waals surface area (Å²) in [6.07, 6.45) is 7.21. The summed E-state index contributed by atoms with van der Waals surface area (Å²) in [5, 5.41) is 0. The number of para-hydroxylation sites is 1. The van der Waals surface area contributed by atoms with Crippen LogP contribution in [-0.2, 0) is 10.8 Å². The number of hydrogen-bond donors (Lipinski definition) is 0. The molecular weight excluding hydrogens is 639 g/mol. The van der Waals surface area contributed by atoms with Crippen LogP contribution in [0.1, 0.15) is 75.1 Å². The molecule has 6 aromatic rings. The van der Waals surface area contributed by atoms with Gasteiger partial charge in [0.1, 0.15) is 0 Å². The van der Waals surface area contributed by atoms with Gasteiger partial charge in [0, 0.05) is 22.4 Å². The largest absolute Gasteiger partial charge is 0.310 e. The fourth-order valence-corrected chi connectivity index (χ4v) is 12.8. The van der Waals surface area contributed by atoms with Crippen LogP contribution in [0.25, 0.3) is 33.4 Å². The summed E-state index contributed by atoms with van der Waals surface area (Å²) in [7, 11) is 0. The van der Waals surface area contributed by atoms with Gasteiger partial charge in [-0.1, -0.05) is 130 Å². The fraction of sp³-hybridized carbons (Fsp3) is 0.308. The van der Waals surface area contributed by atoms with Gasteiger partial charge in [-0.2, -0.15) is 0 Å². The zero-order valence-electron chi connectivity index (χ0n) is 31.6. The Bertz CT molecular complexity index is 2410. The van der Waals surface area contributed by atoms with Crippen LogP contribution in [0.3, 0.4) is 0 Å². The highest BCUT2D eigenvalue weighted by Gasteiger charge is 2.79. The van der Waals surface area contributed by atoms with E-state index >= 15 is 0 Å². The summed E-state index contributed by atoms with van der Waals surface area (Å²) >= 11 is 0. The van der Waals surface area contributed by atoms with E-state index < -0.39 is 0 Å². The van der Waals surface area contributed by atoms with Gasteiger partial charge in [0.15, 0.2) is 0 Å². The lowest BCUT2D eigenvalue weighted by molar-refractivity contribution is -0.0494. The minimum Gasteiger partial charge on any atom is -0.310 e. The molecule has 6 aliphatic rings. The number of anilines is 3. The third kappa shape index (κ3) is 4.31. The second kappa shape index (κ2) is 11.1. The van der Waals surface area contributed by atoms with Gasteiger partial charge in [-0.05, 0) is 154 Å². The molecule has 6 aromatic carbocycles. The predicted molar refractivity (Wildman–Crippen MR) is 221 cm³/mol. The maximum absolute atomic E-state index is 2.54. The van der Waals surface area contributed by atoms with Gasteiger partial charge in [0.2, 0.25) is 0 Å². The molecule has 4 bridgehead atoms. The lowest BCUT2D eigenvalue weighted by atomic mass is 9.42. The van der Waals surface area contributed by atoms with Crippen molar-refractivity contribution in [3.05, 3.63) is 162 Å². The Morgan fingerprint density at radius 2 is 1.26 bits per heavy atom. The molecule has 2 spiro atoms. The average Bonchev–Trinajstić information content (AvgIpc) is 3.84. The molecule has 262 valence electrons. The van der Waals surface area contributed by atoms with Crippen LogP contribution < -0.4 is 4.90 Å². The van der Waals surface area contributed by atoms with Crippen LogP contribution in [0.15, 0.2) is 140 Å². The predicted octanol–water partition coefficient (Wildman–Crippen LogP) is 13.8. The van der Waals surface area contributed by atoms with E-state index in [-0.39, 0.29) is 10.8 Å². The SMILES string of the molecule is Cc1cc(N(c2ccc(C(C)(C)C)cc2)c2ccccc2-c2ccccc2)ccc1-c1cccc2c1C1(c3ccccc3-2)C2CC3CC(C2)C2CC21C3. The number of benzene rings is 6. The molecule has 0 heterocycles. The highest BCUT2D eigenvalue weighted by Crippen LogP contribution is 2.85. The van der Waals surface area contributed by atoms with Crippen molar-refractivity contribution in [3.63, 3.8) is 0 Å². The summed E-state index contributed by atoms with van der Waals surface area (Å²) in [6, 6.07) is 53.2. The van der Waals surface area contributed by atoms with Crippen LogP contribution in [0.4, 0.5) is 17.1 Å². The van der Waals surface area contributed by atoms with Crippen LogP contribution >= 0.6 is 0 Å².